The lowest BCUT2D eigenvalue weighted by Gasteiger charge is -2.53. The lowest BCUT2D eigenvalue weighted by atomic mass is 10.3. The summed E-state index contributed by atoms with van der Waals surface area (Å²) in [5.41, 5.74) is 0. The normalized spacial score (nSPS) is 14.6. The van der Waals surface area contributed by atoms with Crippen LogP contribution in [0.5, 0.6) is 0 Å². The van der Waals surface area contributed by atoms with Crippen molar-refractivity contribution in [1.29, 1.82) is 0 Å². The molecular weight excluding hydrogens is 226 g/mol. The van der Waals surface area contributed by atoms with Crippen molar-refractivity contribution in [2.45, 2.75) is 84.5 Å². The highest BCUT2D eigenvalue weighted by molar-refractivity contribution is 6.90. The number of nitrogens with zero attached hydrogens (tertiary/aromatic N) is 1. The molecule has 0 aromatic heterocycles. The molecular formula is C13H32NSi2. The molecule has 1 nitrogen and oxygen atoms in total. The smallest absolute Gasteiger partial charge is 0.125 e. The van der Waals surface area contributed by atoms with E-state index in [2.05, 4.69) is 72.3 Å². The fourth-order valence-corrected chi connectivity index (χ4v) is 11.3. The van der Waals surface area contributed by atoms with E-state index in [4.69, 9.17) is 0 Å². The molecule has 0 bridgehead atoms. The zero-order valence-electron chi connectivity index (χ0n) is 13.1. The molecule has 0 amide bonds. The van der Waals surface area contributed by atoms with Crippen LogP contribution >= 0.6 is 0 Å². The first-order chi connectivity index (χ1) is 6.96. The van der Waals surface area contributed by atoms with Gasteiger partial charge in [-0.1, -0.05) is 67.7 Å². The summed E-state index contributed by atoms with van der Waals surface area (Å²) in [5, 5.41) is 0. The highest BCUT2D eigenvalue weighted by Crippen LogP contribution is 2.43. The van der Waals surface area contributed by atoms with Gasteiger partial charge in [0.2, 0.25) is 0 Å². The predicted molar refractivity (Wildman–Crippen MR) is 81.1 cm³/mol. The van der Waals surface area contributed by atoms with Crippen molar-refractivity contribution in [1.82, 2.24) is 4.57 Å². The minimum Gasteiger partial charge on any atom is -0.319 e. The molecule has 3 heteroatoms. The zero-order valence-corrected chi connectivity index (χ0v) is 15.1. The first-order valence-corrected chi connectivity index (χ1v) is 12.0. The molecule has 0 aliphatic carbocycles. The topological polar surface area (TPSA) is 3.24 Å². The van der Waals surface area contributed by atoms with Crippen molar-refractivity contribution in [2.24, 2.45) is 0 Å². The van der Waals surface area contributed by atoms with Crippen LogP contribution in [0.2, 0.25) is 30.8 Å². The average Bonchev–Trinajstić information content (AvgIpc) is 2.00. The van der Waals surface area contributed by atoms with Crippen molar-refractivity contribution >= 4 is 17.0 Å². The highest BCUT2D eigenvalue weighted by atomic mass is 28.4. The second-order valence-corrected chi connectivity index (χ2v) is 15.4. The van der Waals surface area contributed by atoms with Crippen molar-refractivity contribution < 1.29 is 0 Å². The van der Waals surface area contributed by atoms with Gasteiger partial charge in [0.1, 0.15) is 8.24 Å². The van der Waals surface area contributed by atoms with Crippen molar-refractivity contribution in [3.8, 4) is 0 Å². The summed E-state index contributed by atoms with van der Waals surface area (Å²) in [6.07, 6.45) is 0. The third kappa shape index (κ3) is 2.99. The quantitative estimate of drug-likeness (QED) is 0.661. The SMILES string of the molecule is CC(C)N(C(C)C)[Si](C)(C)C(C)(C)[Si](C)C. The Morgan fingerprint density at radius 3 is 1.44 bits per heavy atom. The first kappa shape index (κ1) is 16.4. The monoisotopic (exact) mass is 258 g/mol. The van der Waals surface area contributed by atoms with Crippen LogP contribution in [0.25, 0.3) is 0 Å². The Morgan fingerprint density at radius 2 is 1.25 bits per heavy atom. The van der Waals surface area contributed by atoms with Crippen LogP contribution in [0.15, 0.2) is 0 Å². The number of hydrogen-bond acceptors (Lipinski definition) is 1. The second kappa shape index (κ2) is 5.36. The molecule has 0 unspecified atom stereocenters. The fourth-order valence-electron chi connectivity index (χ4n) is 2.82. The summed E-state index contributed by atoms with van der Waals surface area (Å²) in [6, 6.07) is 1.34. The molecule has 0 saturated carbocycles. The van der Waals surface area contributed by atoms with Crippen LogP contribution in [-0.4, -0.2) is 33.7 Å². The molecule has 0 rings (SSSR count). The van der Waals surface area contributed by atoms with Gasteiger partial charge in [-0.15, -0.1) is 0 Å². The molecule has 97 valence electrons. The van der Waals surface area contributed by atoms with Gasteiger partial charge >= 0.3 is 0 Å². The van der Waals surface area contributed by atoms with Gasteiger partial charge in [-0.25, -0.2) is 0 Å². The molecule has 16 heavy (non-hydrogen) atoms. The minimum absolute atomic E-state index is 0.258. The van der Waals surface area contributed by atoms with E-state index in [1.54, 1.807) is 0 Å². The Bertz CT molecular complexity index is 212. The van der Waals surface area contributed by atoms with Gasteiger partial charge < -0.3 is 4.57 Å². The van der Waals surface area contributed by atoms with Gasteiger partial charge in [0.05, 0.1) is 0 Å². The maximum Gasteiger partial charge on any atom is 0.125 e. The Morgan fingerprint density at radius 1 is 0.938 bits per heavy atom. The van der Waals surface area contributed by atoms with E-state index >= 15 is 0 Å². The Labute approximate surface area is 106 Å². The van der Waals surface area contributed by atoms with Crippen LogP contribution in [0.3, 0.4) is 0 Å². The van der Waals surface area contributed by atoms with Crippen LogP contribution < -0.4 is 0 Å². The predicted octanol–water partition coefficient (Wildman–Crippen LogP) is 4.38. The molecule has 0 aromatic rings. The van der Waals surface area contributed by atoms with Crippen molar-refractivity contribution in [3.05, 3.63) is 0 Å². The Balaban J connectivity index is 5.29. The second-order valence-electron chi connectivity index (χ2n) is 6.78. The van der Waals surface area contributed by atoms with Crippen LogP contribution in [0.4, 0.5) is 0 Å². The van der Waals surface area contributed by atoms with E-state index in [1.165, 1.54) is 0 Å². The molecule has 0 aliphatic heterocycles. The molecule has 1 radical (unpaired) electrons. The van der Waals surface area contributed by atoms with E-state index in [-0.39, 0.29) is 8.80 Å². The number of hydrogen-bond donors (Lipinski definition) is 0. The molecule has 0 aliphatic rings. The van der Waals surface area contributed by atoms with E-state index < -0.39 is 8.24 Å². The number of rotatable bonds is 5. The first-order valence-electron chi connectivity index (χ1n) is 6.55. The van der Waals surface area contributed by atoms with E-state index in [1.807, 2.05) is 0 Å². The average molecular weight is 259 g/mol. The van der Waals surface area contributed by atoms with Crippen molar-refractivity contribution in [3.63, 3.8) is 0 Å². The van der Waals surface area contributed by atoms with Gasteiger partial charge in [-0.3, -0.25) is 0 Å². The van der Waals surface area contributed by atoms with Gasteiger partial charge in [-0.2, -0.15) is 0 Å². The van der Waals surface area contributed by atoms with Crippen LogP contribution in [-0.2, 0) is 0 Å². The molecule has 0 saturated heterocycles. The summed E-state index contributed by atoms with van der Waals surface area (Å²) >= 11 is 0. The third-order valence-corrected chi connectivity index (χ3v) is 15.8. The lowest BCUT2D eigenvalue weighted by Crippen LogP contribution is -2.63. The summed E-state index contributed by atoms with van der Waals surface area (Å²) < 4.78 is 3.36. The highest BCUT2D eigenvalue weighted by Gasteiger charge is 2.47. The van der Waals surface area contributed by atoms with E-state index in [0.717, 1.165) is 0 Å². The maximum atomic E-state index is 2.81. The summed E-state index contributed by atoms with van der Waals surface area (Å²) in [6.45, 7) is 24.5. The van der Waals surface area contributed by atoms with Gasteiger partial charge in [-0.05, 0) is 16.7 Å². The van der Waals surface area contributed by atoms with Crippen LogP contribution in [0.1, 0.15) is 41.5 Å². The van der Waals surface area contributed by atoms with Gasteiger partial charge in [0.15, 0.2) is 0 Å². The zero-order chi connectivity index (χ0) is 13.3. The maximum absolute atomic E-state index is 2.81. The van der Waals surface area contributed by atoms with E-state index in [0.29, 0.717) is 16.7 Å². The van der Waals surface area contributed by atoms with Gasteiger partial charge in [0.25, 0.3) is 0 Å². The largest absolute Gasteiger partial charge is 0.319 e. The summed E-state index contributed by atoms with van der Waals surface area (Å²) in [7, 11) is -1.63. The molecule has 0 atom stereocenters. The molecule has 0 aromatic carbocycles. The molecule has 0 spiro atoms. The lowest BCUT2D eigenvalue weighted by molar-refractivity contribution is 0.286. The summed E-state index contributed by atoms with van der Waals surface area (Å²) in [5.74, 6) is 0. The van der Waals surface area contributed by atoms with Gasteiger partial charge in [0, 0.05) is 8.80 Å². The fraction of sp³-hybridized carbons (Fsp3) is 1.00. The third-order valence-electron chi connectivity index (χ3n) is 4.54. The Kier molecular flexibility index (Phi) is 5.49. The van der Waals surface area contributed by atoms with Crippen molar-refractivity contribution in [2.75, 3.05) is 0 Å². The standard InChI is InChI=1S/C13H32NSi2/c1-11(2)14(12(3)4)16(9,10)13(5,6)15(7)8/h11-12H,1-10H3. The van der Waals surface area contributed by atoms with E-state index in [9.17, 15) is 0 Å². The Hall–Kier alpha value is 0.394. The molecule has 0 heterocycles. The molecule has 0 fully saturated rings. The summed E-state index contributed by atoms with van der Waals surface area (Å²) in [4.78, 5) is 0. The van der Waals surface area contributed by atoms with Crippen LogP contribution in [0, 0.1) is 0 Å². The molecule has 0 N–H and O–H groups in total. The minimum atomic E-state index is -1.37.